The number of fused-ring (bicyclic) bond motifs is 3. The minimum absolute atomic E-state index is 0.219. The molecule has 4 heteroatoms. The van der Waals surface area contributed by atoms with Gasteiger partial charge >= 0.3 is 5.97 Å². The van der Waals surface area contributed by atoms with Gasteiger partial charge in [0.25, 0.3) is 0 Å². The molecule has 124 valence electrons. The molecule has 0 saturated carbocycles. The fourth-order valence-corrected chi connectivity index (χ4v) is 3.95. The molecule has 3 rings (SSSR count). The number of carbonyl (C=O) groups is 1. The second-order valence-electron chi connectivity index (χ2n) is 7.16. The summed E-state index contributed by atoms with van der Waals surface area (Å²) in [6, 6.07) is 0.219. The van der Waals surface area contributed by atoms with Crippen molar-refractivity contribution in [2.24, 2.45) is 0 Å². The Kier molecular flexibility index (Phi) is 4.12. The number of hydrogen-bond acceptors (Lipinski definition) is 4. The molecule has 0 amide bonds. The molecule has 3 heterocycles. The third-order valence-corrected chi connectivity index (χ3v) is 5.00. The largest absolute Gasteiger partial charge is 0.449 e. The van der Waals surface area contributed by atoms with E-state index in [0.29, 0.717) is 0 Å². The van der Waals surface area contributed by atoms with Gasteiger partial charge in [0.1, 0.15) is 5.60 Å². The number of hydrogen-bond donors (Lipinski definition) is 1. The third kappa shape index (κ3) is 2.96. The van der Waals surface area contributed by atoms with E-state index in [4.69, 9.17) is 4.74 Å². The van der Waals surface area contributed by atoms with Gasteiger partial charge in [0.15, 0.2) is 5.60 Å². The van der Waals surface area contributed by atoms with Gasteiger partial charge in [-0.1, -0.05) is 31.3 Å². The summed E-state index contributed by atoms with van der Waals surface area (Å²) in [5, 5.41) is 9.91. The molecular formula is C19H25NO3. The zero-order valence-corrected chi connectivity index (χ0v) is 14.2. The Morgan fingerprint density at radius 3 is 2.96 bits per heavy atom. The van der Waals surface area contributed by atoms with Gasteiger partial charge in [-0.3, -0.25) is 4.90 Å². The lowest BCUT2D eigenvalue weighted by molar-refractivity contribution is -0.153. The van der Waals surface area contributed by atoms with Crippen molar-refractivity contribution >= 4 is 5.97 Å². The number of nitrogens with zero attached hydrogens (tertiary/aromatic N) is 1. The summed E-state index contributed by atoms with van der Waals surface area (Å²) >= 11 is 0. The van der Waals surface area contributed by atoms with Crippen molar-refractivity contribution in [1.29, 1.82) is 0 Å². The molecule has 0 aromatic carbocycles. The quantitative estimate of drug-likeness (QED) is 0.595. The van der Waals surface area contributed by atoms with Gasteiger partial charge in [-0.2, -0.15) is 0 Å². The number of ether oxygens (including phenoxy) is 1. The van der Waals surface area contributed by atoms with E-state index in [1.807, 2.05) is 0 Å². The highest BCUT2D eigenvalue weighted by Crippen LogP contribution is 2.45. The van der Waals surface area contributed by atoms with E-state index < -0.39 is 11.2 Å². The van der Waals surface area contributed by atoms with Crippen molar-refractivity contribution < 1.29 is 14.6 Å². The van der Waals surface area contributed by atoms with Crippen LogP contribution in [0.15, 0.2) is 23.3 Å². The molecule has 1 fully saturated rings. The van der Waals surface area contributed by atoms with Gasteiger partial charge in [0.2, 0.25) is 0 Å². The topological polar surface area (TPSA) is 49.8 Å². The van der Waals surface area contributed by atoms with E-state index in [1.54, 1.807) is 19.9 Å². The van der Waals surface area contributed by atoms with Crippen LogP contribution in [0, 0.1) is 11.8 Å². The Morgan fingerprint density at radius 1 is 1.48 bits per heavy atom. The maximum absolute atomic E-state index is 12.1. The molecule has 0 aromatic heterocycles. The average molecular weight is 315 g/mol. The molecule has 1 N–H and O–H groups in total. The maximum Gasteiger partial charge on any atom is 0.332 e. The molecule has 0 aliphatic carbocycles. The van der Waals surface area contributed by atoms with Gasteiger partial charge in [0.05, 0.1) is 6.04 Å². The lowest BCUT2D eigenvalue weighted by Gasteiger charge is -2.44. The monoisotopic (exact) mass is 315 g/mol. The number of aliphatic hydroxyl groups is 1. The molecule has 0 radical (unpaired) electrons. The van der Waals surface area contributed by atoms with Crippen LogP contribution in [0.1, 0.15) is 46.5 Å². The van der Waals surface area contributed by atoms with E-state index in [0.717, 1.165) is 37.1 Å². The van der Waals surface area contributed by atoms with Crippen LogP contribution in [0.3, 0.4) is 0 Å². The molecule has 4 nitrogen and oxygen atoms in total. The predicted octanol–water partition coefficient (Wildman–Crippen LogP) is 2.19. The number of rotatable bonds is 1. The molecular weight excluding hydrogens is 290 g/mol. The van der Waals surface area contributed by atoms with Gasteiger partial charge in [-0.05, 0) is 39.7 Å². The van der Waals surface area contributed by atoms with E-state index in [2.05, 4.69) is 29.7 Å². The molecule has 3 aliphatic heterocycles. The molecule has 3 aliphatic rings. The van der Waals surface area contributed by atoms with Gasteiger partial charge < -0.3 is 9.84 Å². The first kappa shape index (κ1) is 16.3. The summed E-state index contributed by atoms with van der Waals surface area (Å²) in [6.45, 7) is 7.25. The minimum Gasteiger partial charge on any atom is -0.449 e. The second-order valence-corrected chi connectivity index (χ2v) is 7.16. The van der Waals surface area contributed by atoms with Crippen molar-refractivity contribution in [3.63, 3.8) is 0 Å². The smallest absolute Gasteiger partial charge is 0.332 e. The van der Waals surface area contributed by atoms with E-state index in [1.165, 1.54) is 12.8 Å². The highest BCUT2D eigenvalue weighted by atomic mass is 16.6. The lowest BCUT2D eigenvalue weighted by Crippen LogP contribution is -2.55. The van der Waals surface area contributed by atoms with Crippen LogP contribution in [0.25, 0.3) is 0 Å². The van der Waals surface area contributed by atoms with Gasteiger partial charge in [0, 0.05) is 23.8 Å². The summed E-state index contributed by atoms with van der Waals surface area (Å²) < 4.78 is 5.87. The summed E-state index contributed by atoms with van der Waals surface area (Å²) in [5.74, 6) is 5.70. The van der Waals surface area contributed by atoms with Crippen molar-refractivity contribution in [3.8, 4) is 11.8 Å². The third-order valence-electron chi connectivity index (χ3n) is 5.00. The van der Waals surface area contributed by atoms with Crippen LogP contribution in [0.2, 0.25) is 0 Å². The fraction of sp³-hybridized carbons (Fsp3) is 0.632. The summed E-state index contributed by atoms with van der Waals surface area (Å²) in [7, 11) is 0. The Labute approximate surface area is 138 Å². The summed E-state index contributed by atoms with van der Waals surface area (Å²) in [5.41, 5.74) is 0.0816. The van der Waals surface area contributed by atoms with Crippen molar-refractivity contribution in [2.45, 2.75) is 63.7 Å². The SMILES string of the molecule is CC[C@]12OC(=O)C=C1C(C#CC(C)(C)O)=CCN1CCCCC12. The van der Waals surface area contributed by atoms with Crippen LogP contribution < -0.4 is 0 Å². The number of piperidine rings is 1. The molecule has 0 spiro atoms. The Morgan fingerprint density at radius 2 is 2.26 bits per heavy atom. The van der Waals surface area contributed by atoms with Crippen LogP contribution in [-0.4, -0.2) is 46.3 Å². The van der Waals surface area contributed by atoms with E-state index in [-0.39, 0.29) is 12.0 Å². The van der Waals surface area contributed by atoms with Crippen LogP contribution in [-0.2, 0) is 9.53 Å². The second kappa shape index (κ2) is 5.81. The molecule has 0 aromatic rings. The Balaban J connectivity index is 2.07. The molecule has 1 unspecified atom stereocenters. The fourth-order valence-electron chi connectivity index (χ4n) is 3.95. The highest BCUT2D eigenvalue weighted by Gasteiger charge is 2.52. The van der Waals surface area contributed by atoms with Gasteiger partial charge in [-0.25, -0.2) is 4.79 Å². The standard InChI is InChI=1S/C19H25NO3/c1-4-19-15(13-17(21)23-19)14(8-10-18(2,3)22)9-12-20-11-6-5-7-16(19)20/h9,13,16,22H,4-7,11-12H2,1-3H3/t16?,19-/m0/s1. The predicted molar refractivity (Wildman–Crippen MR) is 88.6 cm³/mol. The maximum atomic E-state index is 12.1. The first-order valence-corrected chi connectivity index (χ1v) is 8.51. The highest BCUT2D eigenvalue weighted by molar-refractivity contribution is 5.89. The van der Waals surface area contributed by atoms with Crippen molar-refractivity contribution in [1.82, 2.24) is 4.90 Å². The Hall–Kier alpha value is -1.57. The van der Waals surface area contributed by atoms with E-state index >= 15 is 0 Å². The lowest BCUT2D eigenvalue weighted by atomic mass is 9.78. The van der Waals surface area contributed by atoms with Crippen molar-refractivity contribution in [2.75, 3.05) is 13.1 Å². The zero-order valence-electron chi connectivity index (χ0n) is 14.2. The normalized spacial score (nSPS) is 31.0. The summed E-state index contributed by atoms with van der Waals surface area (Å²) in [6.07, 6.45) is 7.82. The molecule has 2 atom stereocenters. The van der Waals surface area contributed by atoms with E-state index in [9.17, 15) is 9.90 Å². The molecule has 0 bridgehead atoms. The van der Waals surface area contributed by atoms with Gasteiger partial charge in [-0.15, -0.1) is 0 Å². The number of carbonyl (C=O) groups excluding carboxylic acids is 1. The van der Waals surface area contributed by atoms with Crippen LogP contribution >= 0.6 is 0 Å². The first-order chi connectivity index (χ1) is 10.9. The Bertz CT molecular complexity index is 629. The van der Waals surface area contributed by atoms with Crippen molar-refractivity contribution in [3.05, 3.63) is 23.3 Å². The zero-order chi connectivity index (χ0) is 16.7. The minimum atomic E-state index is -1.06. The molecule has 23 heavy (non-hydrogen) atoms. The summed E-state index contributed by atoms with van der Waals surface area (Å²) in [4.78, 5) is 14.5. The average Bonchev–Trinajstić information content (AvgIpc) is 2.78. The van der Waals surface area contributed by atoms with Crippen LogP contribution in [0.5, 0.6) is 0 Å². The first-order valence-electron chi connectivity index (χ1n) is 8.51. The molecule has 1 saturated heterocycles. The number of esters is 1. The van der Waals surface area contributed by atoms with Crippen LogP contribution in [0.4, 0.5) is 0 Å².